The normalized spacial score (nSPS) is 10.7. The Balaban J connectivity index is 0.00000312. The van der Waals surface area contributed by atoms with Crippen LogP contribution in [0.1, 0.15) is 11.1 Å². The van der Waals surface area contributed by atoms with Crippen LogP contribution in [0, 0.1) is 10.1 Å². The van der Waals surface area contributed by atoms with E-state index in [2.05, 4.69) is 20.6 Å². The van der Waals surface area contributed by atoms with Crippen molar-refractivity contribution in [1.82, 2.24) is 15.6 Å². The minimum atomic E-state index is -0.406. The number of guanidine groups is 1. The van der Waals surface area contributed by atoms with Gasteiger partial charge in [-0.2, -0.15) is 0 Å². The van der Waals surface area contributed by atoms with Gasteiger partial charge in [0.05, 0.1) is 4.92 Å². The van der Waals surface area contributed by atoms with E-state index >= 15 is 0 Å². The summed E-state index contributed by atoms with van der Waals surface area (Å²) in [6.07, 6.45) is 2.52. The molecule has 0 radical (unpaired) electrons. The molecule has 134 valence electrons. The van der Waals surface area contributed by atoms with Gasteiger partial charge in [-0.15, -0.1) is 24.0 Å². The lowest BCUT2D eigenvalue weighted by Crippen LogP contribution is -2.37. The Kier molecular flexibility index (Phi) is 9.14. The monoisotopic (exact) mass is 475 g/mol. The molecule has 0 bridgehead atoms. The Morgan fingerprint density at radius 1 is 1.28 bits per heavy atom. The fraction of sp³-hybridized carbons (Fsp3) is 0.250. The smallest absolute Gasteiger partial charge is 0.269 e. The Bertz CT molecular complexity index is 725. The van der Waals surface area contributed by atoms with Crippen molar-refractivity contribution in [1.29, 1.82) is 0 Å². The SMILES string of the molecule is CN=C(NCCc1ccc(Cl)nc1)NCc1cccc([N+](=O)[O-])c1.I. The lowest BCUT2D eigenvalue weighted by Gasteiger charge is -2.12. The molecule has 0 aliphatic rings. The summed E-state index contributed by atoms with van der Waals surface area (Å²) in [5.41, 5.74) is 1.96. The van der Waals surface area contributed by atoms with E-state index in [1.165, 1.54) is 6.07 Å². The molecular weight excluding hydrogens is 457 g/mol. The Morgan fingerprint density at radius 2 is 2.08 bits per heavy atom. The number of hydrogen-bond acceptors (Lipinski definition) is 4. The highest BCUT2D eigenvalue weighted by Gasteiger charge is 2.06. The molecule has 0 amide bonds. The molecule has 25 heavy (non-hydrogen) atoms. The van der Waals surface area contributed by atoms with Gasteiger partial charge < -0.3 is 10.6 Å². The topological polar surface area (TPSA) is 92.5 Å². The lowest BCUT2D eigenvalue weighted by atomic mass is 10.2. The van der Waals surface area contributed by atoms with Crippen molar-refractivity contribution in [2.45, 2.75) is 13.0 Å². The van der Waals surface area contributed by atoms with E-state index in [0.29, 0.717) is 24.2 Å². The third kappa shape index (κ3) is 7.22. The molecule has 1 aromatic heterocycles. The first-order valence-electron chi connectivity index (χ1n) is 7.37. The molecule has 0 unspecified atom stereocenters. The summed E-state index contributed by atoms with van der Waals surface area (Å²) in [6.45, 7) is 1.13. The molecule has 0 aliphatic carbocycles. The number of pyridine rings is 1. The molecule has 0 saturated carbocycles. The van der Waals surface area contributed by atoms with Crippen LogP contribution < -0.4 is 10.6 Å². The number of halogens is 2. The van der Waals surface area contributed by atoms with E-state index in [-0.39, 0.29) is 29.7 Å². The number of nitro groups is 1. The fourth-order valence-electron chi connectivity index (χ4n) is 2.07. The third-order valence-electron chi connectivity index (χ3n) is 3.30. The van der Waals surface area contributed by atoms with Crippen molar-refractivity contribution in [2.24, 2.45) is 4.99 Å². The number of nitrogens with zero attached hydrogens (tertiary/aromatic N) is 3. The van der Waals surface area contributed by atoms with Gasteiger partial charge in [0, 0.05) is 38.5 Å². The largest absolute Gasteiger partial charge is 0.356 e. The zero-order valence-electron chi connectivity index (χ0n) is 13.6. The zero-order chi connectivity index (χ0) is 17.4. The molecule has 0 aliphatic heterocycles. The minimum absolute atomic E-state index is 0. The molecule has 0 atom stereocenters. The molecular formula is C16H19ClIN5O2. The lowest BCUT2D eigenvalue weighted by molar-refractivity contribution is -0.384. The molecule has 2 aromatic rings. The van der Waals surface area contributed by atoms with Crippen molar-refractivity contribution >= 4 is 47.2 Å². The van der Waals surface area contributed by atoms with Crippen molar-refractivity contribution in [2.75, 3.05) is 13.6 Å². The average molecular weight is 476 g/mol. The van der Waals surface area contributed by atoms with Crippen LogP contribution in [0.15, 0.2) is 47.6 Å². The van der Waals surface area contributed by atoms with Gasteiger partial charge in [0.25, 0.3) is 5.69 Å². The summed E-state index contributed by atoms with van der Waals surface area (Å²) in [6, 6.07) is 10.2. The first kappa shape index (κ1) is 21.1. The number of nitro benzene ring substituents is 1. The highest BCUT2D eigenvalue weighted by Crippen LogP contribution is 2.12. The maximum absolute atomic E-state index is 10.8. The number of non-ortho nitro benzene ring substituents is 1. The van der Waals surface area contributed by atoms with Gasteiger partial charge in [0.1, 0.15) is 5.15 Å². The second-order valence-electron chi connectivity index (χ2n) is 5.02. The standard InChI is InChI=1S/C16H18ClN5O2.HI/c1-18-16(19-8-7-12-5-6-15(17)20-10-12)21-11-13-3-2-4-14(9-13)22(23)24;/h2-6,9-10H,7-8,11H2,1H3,(H2,18,19,21);1H. The fourth-order valence-corrected chi connectivity index (χ4v) is 2.18. The van der Waals surface area contributed by atoms with Crippen LogP contribution in [0.4, 0.5) is 5.69 Å². The number of aromatic nitrogens is 1. The molecule has 2 N–H and O–H groups in total. The predicted octanol–water partition coefficient (Wildman–Crippen LogP) is 3.17. The highest BCUT2D eigenvalue weighted by atomic mass is 127. The van der Waals surface area contributed by atoms with Crippen LogP contribution in [0.2, 0.25) is 5.15 Å². The maximum Gasteiger partial charge on any atom is 0.269 e. The number of benzene rings is 1. The molecule has 9 heteroatoms. The van der Waals surface area contributed by atoms with Crippen molar-refractivity contribution in [3.05, 3.63) is 69.0 Å². The molecule has 1 heterocycles. The van der Waals surface area contributed by atoms with Gasteiger partial charge in [0.15, 0.2) is 5.96 Å². The van der Waals surface area contributed by atoms with Gasteiger partial charge >= 0.3 is 0 Å². The number of rotatable bonds is 6. The van der Waals surface area contributed by atoms with Gasteiger partial charge in [-0.1, -0.05) is 29.8 Å². The number of nitrogens with one attached hydrogen (secondary N) is 2. The second kappa shape index (κ2) is 10.8. The number of aliphatic imine (C=N–C) groups is 1. The Labute approximate surface area is 168 Å². The molecule has 2 rings (SSSR count). The molecule has 0 spiro atoms. The van der Waals surface area contributed by atoms with Crippen molar-refractivity contribution in [3.63, 3.8) is 0 Å². The van der Waals surface area contributed by atoms with Crippen LogP contribution in [0.25, 0.3) is 0 Å². The Hall–Kier alpha value is -1.94. The zero-order valence-corrected chi connectivity index (χ0v) is 16.7. The van der Waals surface area contributed by atoms with Gasteiger partial charge in [0.2, 0.25) is 0 Å². The molecule has 0 saturated heterocycles. The summed E-state index contributed by atoms with van der Waals surface area (Å²) in [4.78, 5) is 18.5. The van der Waals surface area contributed by atoms with Crippen LogP contribution in [0.5, 0.6) is 0 Å². The van der Waals surface area contributed by atoms with Crippen LogP contribution >= 0.6 is 35.6 Å². The quantitative estimate of drug-likeness (QED) is 0.167. The minimum Gasteiger partial charge on any atom is -0.356 e. The first-order valence-corrected chi connectivity index (χ1v) is 7.74. The van der Waals surface area contributed by atoms with E-state index in [4.69, 9.17) is 11.6 Å². The van der Waals surface area contributed by atoms with Crippen LogP contribution in [-0.2, 0) is 13.0 Å². The maximum atomic E-state index is 10.8. The molecule has 0 fully saturated rings. The summed E-state index contributed by atoms with van der Waals surface area (Å²) in [5.74, 6) is 0.628. The van der Waals surface area contributed by atoms with Gasteiger partial charge in [-0.3, -0.25) is 15.1 Å². The van der Waals surface area contributed by atoms with Crippen molar-refractivity contribution in [3.8, 4) is 0 Å². The van der Waals surface area contributed by atoms with Gasteiger partial charge in [-0.25, -0.2) is 4.98 Å². The van der Waals surface area contributed by atoms with E-state index < -0.39 is 4.92 Å². The van der Waals surface area contributed by atoms with E-state index in [9.17, 15) is 10.1 Å². The Morgan fingerprint density at radius 3 is 2.72 bits per heavy atom. The van der Waals surface area contributed by atoms with E-state index in [1.54, 1.807) is 31.4 Å². The summed E-state index contributed by atoms with van der Waals surface area (Å²) in [7, 11) is 1.67. The second-order valence-corrected chi connectivity index (χ2v) is 5.41. The molecule has 7 nitrogen and oxygen atoms in total. The van der Waals surface area contributed by atoms with E-state index in [1.807, 2.05) is 12.1 Å². The molecule has 1 aromatic carbocycles. The van der Waals surface area contributed by atoms with E-state index in [0.717, 1.165) is 17.5 Å². The third-order valence-corrected chi connectivity index (χ3v) is 3.52. The highest BCUT2D eigenvalue weighted by molar-refractivity contribution is 14.0. The predicted molar refractivity (Wildman–Crippen MR) is 110 cm³/mol. The first-order chi connectivity index (χ1) is 11.6. The average Bonchev–Trinajstić information content (AvgIpc) is 2.59. The summed E-state index contributed by atoms with van der Waals surface area (Å²) < 4.78 is 0. The van der Waals surface area contributed by atoms with Crippen LogP contribution in [0.3, 0.4) is 0 Å². The van der Waals surface area contributed by atoms with Crippen LogP contribution in [-0.4, -0.2) is 29.5 Å². The summed E-state index contributed by atoms with van der Waals surface area (Å²) in [5, 5.41) is 17.6. The van der Waals surface area contributed by atoms with Gasteiger partial charge in [-0.05, 0) is 23.6 Å². The number of hydrogen-bond donors (Lipinski definition) is 2. The summed E-state index contributed by atoms with van der Waals surface area (Å²) >= 11 is 5.75. The van der Waals surface area contributed by atoms with Crippen molar-refractivity contribution < 1.29 is 4.92 Å².